The van der Waals surface area contributed by atoms with E-state index in [1.807, 2.05) is 12.1 Å². The lowest BCUT2D eigenvalue weighted by Crippen LogP contribution is -2.62. The van der Waals surface area contributed by atoms with Gasteiger partial charge in [0.2, 0.25) is 0 Å². The fourth-order valence-electron chi connectivity index (χ4n) is 6.68. The Bertz CT molecular complexity index is 859. The fourth-order valence-corrected chi connectivity index (χ4v) is 6.68. The summed E-state index contributed by atoms with van der Waals surface area (Å²) in [4.78, 5) is 39.3. The Morgan fingerprint density at radius 1 is 0.970 bits per heavy atom. The summed E-state index contributed by atoms with van der Waals surface area (Å²) in [5.74, 6) is 0.912. The van der Waals surface area contributed by atoms with Crippen LogP contribution in [0.4, 0.5) is 4.79 Å². The van der Waals surface area contributed by atoms with Crippen LogP contribution in [0.25, 0.3) is 0 Å². The number of hydrogen-bond acceptors (Lipinski definition) is 6. The van der Waals surface area contributed by atoms with Crippen LogP contribution in [0.2, 0.25) is 0 Å². The number of morpholine rings is 1. The molecule has 0 unspecified atom stereocenters. The van der Waals surface area contributed by atoms with E-state index in [-0.39, 0.29) is 5.54 Å². The minimum absolute atomic E-state index is 0.168. The molecule has 4 bridgehead atoms. The lowest BCUT2D eigenvalue weighted by Gasteiger charge is -2.56. The summed E-state index contributed by atoms with van der Waals surface area (Å²) >= 11 is 0. The summed E-state index contributed by atoms with van der Waals surface area (Å²) in [6, 6.07) is 6.72. The summed E-state index contributed by atoms with van der Waals surface area (Å²) in [7, 11) is 0. The quantitative estimate of drug-likeness (QED) is 0.640. The van der Waals surface area contributed by atoms with Gasteiger partial charge in [-0.3, -0.25) is 15.0 Å². The monoisotopic (exact) mass is 455 g/mol. The molecule has 4 saturated carbocycles. The molecule has 1 heterocycles. The molecule has 0 atom stereocenters. The predicted octanol–water partition coefficient (Wildman–Crippen LogP) is 2.47. The molecule has 0 aromatic heterocycles. The van der Waals surface area contributed by atoms with Gasteiger partial charge in [0.05, 0.1) is 18.8 Å². The third-order valence-corrected chi connectivity index (χ3v) is 7.70. The second-order valence-electron chi connectivity index (χ2n) is 10.4. The molecule has 4 aliphatic carbocycles. The Kier molecular flexibility index (Phi) is 6.38. The Morgan fingerprint density at radius 3 is 2.18 bits per heavy atom. The van der Waals surface area contributed by atoms with Gasteiger partial charge in [0, 0.05) is 25.2 Å². The van der Waals surface area contributed by atoms with Gasteiger partial charge in [0.1, 0.15) is 0 Å². The largest absolute Gasteiger partial charge is 0.452 e. The number of urea groups is 1. The standard InChI is InChI=1S/C25H33N3O5/c29-22(26-24(31)27-25-12-18-9-19(13-25)11-20(10-18)14-25)16-33-23(30)21-3-1-17(2-4-21)15-28-5-7-32-8-6-28/h1-4,18-20H,5-16H2,(H2,26,27,29,31). The molecular weight excluding hydrogens is 422 g/mol. The predicted molar refractivity (Wildman–Crippen MR) is 120 cm³/mol. The zero-order valence-electron chi connectivity index (χ0n) is 19.0. The highest BCUT2D eigenvalue weighted by molar-refractivity contribution is 5.97. The first-order chi connectivity index (χ1) is 16.0. The van der Waals surface area contributed by atoms with E-state index in [2.05, 4.69) is 15.5 Å². The minimum atomic E-state index is -0.616. The van der Waals surface area contributed by atoms with Gasteiger partial charge in [-0.15, -0.1) is 0 Å². The van der Waals surface area contributed by atoms with Gasteiger partial charge < -0.3 is 14.8 Å². The number of carbonyl (C=O) groups is 3. The number of benzene rings is 1. The second-order valence-corrected chi connectivity index (χ2v) is 10.4. The van der Waals surface area contributed by atoms with Gasteiger partial charge in [0.25, 0.3) is 5.91 Å². The number of hydrogen-bond donors (Lipinski definition) is 2. The highest BCUT2D eigenvalue weighted by Gasteiger charge is 2.51. The van der Waals surface area contributed by atoms with E-state index in [1.165, 1.54) is 19.3 Å². The van der Waals surface area contributed by atoms with E-state index in [9.17, 15) is 14.4 Å². The van der Waals surface area contributed by atoms with Crippen molar-refractivity contribution in [3.8, 4) is 0 Å². The third-order valence-electron chi connectivity index (χ3n) is 7.70. The molecule has 6 rings (SSSR count). The second kappa shape index (κ2) is 9.43. The number of carbonyl (C=O) groups excluding carboxylic acids is 3. The Labute approximate surface area is 194 Å². The first kappa shape index (κ1) is 22.3. The molecule has 178 valence electrons. The fraction of sp³-hybridized carbons (Fsp3) is 0.640. The Morgan fingerprint density at radius 2 is 1.58 bits per heavy atom. The van der Waals surface area contributed by atoms with Crippen molar-refractivity contribution in [3.05, 3.63) is 35.4 Å². The SMILES string of the molecule is O=C(COC(=O)c1ccc(CN2CCOCC2)cc1)NC(=O)NC12CC3CC(CC(C3)C1)C2. The Hall–Kier alpha value is -2.45. The molecule has 5 fully saturated rings. The molecule has 1 aliphatic heterocycles. The number of nitrogens with one attached hydrogen (secondary N) is 2. The van der Waals surface area contributed by atoms with E-state index < -0.39 is 24.5 Å². The van der Waals surface area contributed by atoms with Crippen LogP contribution in [0.3, 0.4) is 0 Å². The van der Waals surface area contributed by atoms with Crippen molar-refractivity contribution in [1.29, 1.82) is 0 Å². The number of imide groups is 1. The van der Waals surface area contributed by atoms with Crippen LogP contribution in [-0.2, 0) is 20.8 Å². The highest BCUT2D eigenvalue weighted by Crippen LogP contribution is 2.55. The van der Waals surface area contributed by atoms with E-state index >= 15 is 0 Å². The molecule has 0 spiro atoms. The van der Waals surface area contributed by atoms with Crippen molar-refractivity contribution in [2.45, 2.75) is 50.6 Å². The topological polar surface area (TPSA) is 97.0 Å². The van der Waals surface area contributed by atoms with Crippen LogP contribution >= 0.6 is 0 Å². The molecule has 0 radical (unpaired) electrons. The maximum Gasteiger partial charge on any atom is 0.338 e. The molecule has 1 aromatic rings. The van der Waals surface area contributed by atoms with E-state index in [4.69, 9.17) is 9.47 Å². The van der Waals surface area contributed by atoms with Crippen LogP contribution in [0.5, 0.6) is 0 Å². The molecule has 1 aromatic carbocycles. The van der Waals surface area contributed by atoms with Crippen LogP contribution in [0, 0.1) is 17.8 Å². The van der Waals surface area contributed by atoms with Crippen LogP contribution < -0.4 is 10.6 Å². The molecule has 1 saturated heterocycles. The normalized spacial score (nSPS) is 30.6. The van der Waals surface area contributed by atoms with Crippen molar-refractivity contribution in [1.82, 2.24) is 15.5 Å². The van der Waals surface area contributed by atoms with Crippen molar-refractivity contribution in [2.75, 3.05) is 32.9 Å². The summed E-state index contributed by atoms with van der Waals surface area (Å²) in [6.45, 7) is 3.60. The van der Waals surface area contributed by atoms with Gasteiger partial charge in [0.15, 0.2) is 6.61 Å². The summed E-state index contributed by atoms with van der Waals surface area (Å²) in [5, 5.41) is 5.43. The van der Waals surface area contributed by atoms with Gasteiger partial charge in [-0.05, 0) is 74.0 Å². The molecule has 5 aliphatic rings. The number of amides is 3. The summed E-state index contributed by atoms with van der Waals surface area (Å²) in [5.41, 5.74) is 1.32. The van der Waals surface area contributed by atoms with Crippen molar-refractivity contribution < 1.29 is 23.9 Å². The van der Waals surface area contributed by atoms with Crippen molar-refractivity contribution in [2.24, 2.45) is 17.8 Å². The lowest BCUT2D eigenvalue weighted by molar-refractivity contribution is -0.123. The highest BCUT2D eigenvalue weighted by atomic mass is 16.5. The van der Waals surface area contributed by atoms with Crippen LogP contribution in [0.1, 0.15) is 54.4 Å². The van der Waals surface area contributed by atoms with Gasteiger partial charge >= 0.3 is 12.0 Å². The van der Waals surface area contributed by atoms with Gasteiger partial charge in [-0.25, -0.2) is 9.59 Å². The van der Waals surface area contributed by atoms with E-state index in [1.54, 1.807) is 12.1 Å². The number of nitrogens with zero attached hydrogens (tertiary/aromatic N) is 1. The molecule has 33 heavy (non-hydrogen) atoms. The van der Waals surface area contributed by atoms with Crippen molar-refractivity contribution >= 4 is 17.9 Å². The minimum Gasteiger partial charge on any atom is -0.452 e. The smallest absolute Gasteiger partial charge is 0.338 e. The van der Waals surface area contributed by atoms with Crippen molar-refractivity contribution in [3.63, 3.8) is 0 Å². The van der Waals surface area contributed by atoms with E-state index in [0.717, 1.165) is 57.7 Å². The molecule has 3 amide bonds. The van der Waals surface area contributed by atoms with E-state index in [0.29, 0.717) is 23.3 Å². The lowest BCUT2D eigenvalue weighted by atomic mass is 9.53. The number of ether oxygens (including phenoxy) is 2. The first-order valence-corrected chi connectivity index (χ1v) is 12.1. The maximum atomic E-state index is 12.5. The third kappa shape index (κ3) is 5.38. The zero-order chi connectivity index (χ0) is 22.8. The van der Waals surface area contributed by atoms with Gasteiger partial charge in [-0.2, -0.15) is 0 Å². The Balaban J connectivity index is 1.06. The summed E-state index contributed by atoms with van der Waals surface area (Å²) < 4.78 is 10.5. The van der Waals surface area contributed by atoms with Gasteiger partial charge in [-0.1, -0.05) is 12.1 Å². The van der Waals surface area contributed by atoms with Crippen LogP contribution in [-0.4, -0.2) is 61.3 Å². The van der Waals surface area contributed by atoms with Crippen LogP contribution in [0.15, 0.2) is 24.3 Å². The molecule has 8 nitrogen and oxygen atoms in total. The first-order valence-electron chi connectivity index (χ1n) is 12.1. The maximum absolute atomic E-state index is 12.5. The average Bonchev–Trinajstić information content (AvgIpc) is 2.77. The zero-order valence-corrected chi connectivity index (χ0v) is 19.0. The number of rotatable bonds is 6. The molecular formula is C25H33N3O5. The number of esters is 1. The summed E-state index contributed by atoms with van der Waals surface area (Å²) in [6.07, 6.45) is 6.88. The molecule has 8 heteroatoms. The average molecular weight is 456 g/mol. The molecule has 2 N–H and O–H groups in total.